The van der Waals surface area contributed by atoms with E-state index in [0.717, 1.165) is 48.6 Å². The molecule has 0 unspecified atom stereocenters. The van der Waals surface area contributed by atoms with E-state index in [-0.39, 0.29) is 18.3 Å². The van der Waals surface area contributed by atoms with Gasteiger partial charge in [0.15, 0.2) is 0 Å². The summed E-state index contributed by atoms with van der Waals surface area (Å²) in [5.41, 5.74) is 4.01. The Labute approximate surface area is 189 Å². The van der Waals surface area contributed by atoms with Crippen molar-refractivity contribution >= 4 is 35.3 Å². The molecular formula is C24H28BN5O2. The van der Waals surface area contributed by atoms with E-state index >= 15 is 0 Å². The molecule has 0 aliphatic carbocycles. The molecule has 2 saturated heterocycles. The number of nitrogens with zero attached hydrogens (tertiary/aromatic N) is 4. The summed E-state index contributed by atoms with van der Waals surface area (Å²) in [6.07, 6.45) is 0. The van der Waals surface area contributed by atoms with Crippen molar-refractivity contribution in [2.24, 2.45) is 0 Å². The zero-order valence-corrected chi connectivity index (χ0v) is 19.1. The SMILES string of the molecule is CC1(C)OB(c2ccc(N3CCN(c4nc5ccc(C#N)cc5[nH]4)CC3)cc2)OC1(C)C. The van der Waals surface area contributed by atoms with Crippen molar-refractivity contribution in [3.05, 3.63) is 48.0 Å². The van der Waals surface area contributed by atoms with E-state index in [0.29, 0.717) is 5.56 Å². The van der Waals surface area contributed by atoms with Gasteiger partial charge in [0.25, 0.3) is 0 Å². The summed E-state index contributed by atoms with van der Waals surface area (Å²) >= 11 is 0. The quantitative estimate of drug-likeness (QED) is 0.645. The summed E-state index contributed by atoms with van der Waals surface area (Å²) in [5, 5.41) is 9.10. The molecule has 0 spiro atoms. The first-order valence-corrected chi connectivity index (χ1v) is 11.1. The number of aromatic amines is 1. The first-order valence-electron chi connectivity index (χ1n) is 11.1. The Morgan fingerprint density at radius 1 is 0.938 bits per heavy atom. The van der Waals surface area contributed by atoms with Gasteiger partial charge in [-0.3, -0.25) is 0 Å². The van der Waals surface area contributed by atoms with Gasteiger partial charge in [0, 0.05) is 31.9 Å². The maximum atomic E-state index is 9.10. The van der Waals surface area contributed by atoms with Crippen LogP contribution in [0.1, 0.15) is 33.3 Å². The average molecular weight is 429 g/mol. The topological polar surface area (TPSA) is 77.4 Å². The lowest BCUT2D eigenvalue weighted by atomic mass is 9.79. The molecule has 3 aromatic rings. The Kier molecular flexibility index (Phi) is 4.92. The monoisotopic (exact) mass is 429 g/mol. The third-order valence-electron chi connectivity index (χ3n) is 6.96. The molecule has 0 atom stereocenters. The number of nitrogens with one attached hydrogen (secondary N) is 1. The minimum absolute atomic E-state index is 0.333. The standard InChI is InChI=1S/C24H28BN5O2/c1-23(2)24(3,4)32-25(31-23)18-6-8-19(9-7-18)29-11-13-30(14-12-29)22-27-20-10-5-17(16-26)15-21(20)28-22/h5-10,15H,11-14H2,1-4H3,(H,27,28). The van der Waals surface area contributed by atoms with Crippen LogP contribution < -0.4 is 15.3 Å². The van der Waals surface area contributed by atoms with Crippen LogP contribution in [0.4, 0.5) is 11.6 Å². The van der Waals surface area contributed by atoms with Crippen LogP contribution in [0.5, 0.6) is 0 Å². The molecule has 8 heteroatoms. The molecule has 2 aromatic carbocycles. The van der Waals surface area contributed by atoms with Gasteiger partial charge < -0.3 is 24.1 Å². The lowest BCUT2D eigenvalue weighted by molar-refractivity contribution is 0.00578. The molecule has 2 fully saturated rings. The number of hydrogen-bond donors (Lipinski definition) is 1. The molecule has 164 valence electrons. The predicted octanol–water partition coefficient (Wildman–Crippen LogP) is 3.06. The molecular weight excluding hydrogens is 401 g/mol. The van der Waals surface area contributed by atoms with Gasteiger partial charge in [-0.25, -0.2) is 4.98 Å². The van der Waals surface area contributed by atoms with Gasteiger partial charge in [-0.2, -0.15) is 5.26 Å². The molecule has 5 rings (SSSR count). The number of benzene rings is 2. The van der Waals surface area contributed by atoms with E-state index < -0.39 is 0 Å². The van der Waals surface area contributed by atoms with Gasteiger partial charge in [-0.15, -0.1) is 0 Å². The van der Waals surface area contributed by atoms with Gasteiger partial charge >= 0.3 is 7.12 Å². The van der Waals surface area contributed by atoms with E-state index in [4.69, 9.17) is 19.6 Å². The number of nitriles is 1. The van der Waals surface area contributed by atoms with Crippen molar-refractivity contribution in [2.75, 3.05) is 36.0 Å². The fraction of sp³-hybridized carbons (Fsp3) is 0.417. The second kappa shape index (κ2) is 7.54. The highest BCUT2D eigenvalue weighted by Crippen LogP contribution is 2.36. The van der Waals surface area contributed by atoms with Crippen LogP contribution in [0.3, 0.4) is 0 Å². The summed E-state index contributed by atoms with van der Waals surface area (Å²) in [6, 6.07) is 16.2. The summed E-state index contributed by atoms with van der Waals surface area (Å²) < 4.78 is 12.3. The van der Waals surface area contributed by atoms with Gasteiger partial charge in [0.05, 0.1) is 33.9 Å². The van der Waals surface area contributed by atoms with Gasteiger partial charge in [-0.05, 0) is 63.5 Å². The van der Waals surface area contributed by atoms with E-state index in [2.05, 4.69) is 72.8 Å². The predicted molar refractivity (Wildman–Crippen MR) is 127 cm³/mol. The molecule has 7 nitrogen and oxygen atoms in total. The fourth-order valence-corrected chi connectivity index (χ4v) is 4.21. The summed E-state index contributed by atoms with van der Waals surface area (Å²) in [4.78, 5) is 12.7. The van der Waals surface area contributed by atoms with Crippen LogP contribution in [0, 0.1) is 11.3 Å². The zero-order chi connectivity index (χ0) is 22.5. The highest BCUT2D eigenvalue weighted by molar-refractivity contribution is 6.62. The minimum Gasteiger partial charge on any atom is -0.399 e. The summed E-state index contributed by atoms with van der Waals surface area (Å²) in [5.74, 6) is 0.867. The largest absolute Gasteiger partial charge is 0.494 e. The van der Waals surface area contributed by atoms with Crippen LogP contribution in [-0.2, 0) is 9.31 Å². The Morgan fingerprint density at radius 3 is 2.19 bits per heavy atom. The molecule has 32 heavy (non-hydrogen) atoms. The number of imidazole rings is 1. The summed E-state index contributed by atoms with van der Waals surface area (Å²) in [7, 11) is -0.333. The molecule has 0 amide bonds. The highest BCUT2D eigenvalue weighted by atomic mass is 16.7. The van der Waals surface area contributed by atoms with Crippen molar-refractivity contribution in [1.29, 1.82) is 5.26 Å². The Morgan fingerprint density at radius 2 is 1.56 bits per heavy atom. The fourth-order valence-electron chi connectivity index (χ4n) is 4.21. The lowest BCUT2D eigenvalue weighted by Gasteiger charge is -2.36. The van der Waals surface area contributed by atoms with Crippen molar-refractivity contribution in [2.45, 2.75) is 38.9 Å². The normalized spacial score (nSPS) is 20.0. The van der Waals surface area contributed by atoms with Gasteiger partial charge in [0.2, 0.25) is 5.95 Å². The number of fused-ring (bicyclic) bond motifs is 1. The van der Waals surface area contributed by atoms with Crippen LogP contribution in [0.2, 0.25) is 0 Å². The number of rotatable bonds is 3. The van der Waals surface area contributed by atoms with E-state index in [1.165, 1.54) is 5.69 Å². The second-order valence-corrected chi connectivity index (χ2v) is 9.56. The van der Waals surface area contributed by atoms with Crippen LogP contribution in [-0.4, -0.2) is 54.5 Å². The first-order chi connectivity index (χ1) is 15.3. The van der Waals surface area contributed by atoms with Crippen LogP contribution in [0.25, 0.3) is 11.0 Å². The average Bonchev–Trinajstić information content (AvgIpc) is 3.30. The number of H-pyrrole nitrogens is 1. The van der Waals surface area contributed by atoms with Crippen molar-refractivity contribution in [3.63, 3.8) is 0 Å². The Hall–Kier alpha value is -3.02. The van der Waals surface area contributed by atoms with Crippen LogP contribution >= 0.6 is 0 Å². The maximum absolute atomic E-state index is 9.10. The first kappa shape index (κ1) is 20.9. The van der Waals surface area contributed by atoms with Gasteiger partial charge in [-0.1, -0.05) is 12.1 Å². The molecule has 2 aliphatic heterocycles. The summed E-state index contributed by atoms with van der Waals surface area (Å²) in [6.45, 7) is 11.9. The molecule has 1 aromatic heterocycles. The van der Waals surface area contributed by atoms with Gasteiger partial charge in [0.1, 0.15) is 0 Å². The molecule has 2 aliphatic rings. The smallest absolute Gasteiger partial charge is 0.399 e. The number of hydrogen-bond acceptors (Lipinski definition) is 6. The number of piperazine rings is 1. The number of anilines is 2. The van der Waals surface area contributed by atoms with E-state index in [1.54, 1.807) is 6.07 Å². The molecule has 0 saturated carbocycles. The third kappa shape index (κ3) is 3.62. The second-order valence-electron chi connectivity index (χ2n) is 9.56. The lowest BCUT2D eigenvalue weighted by Crippen LogP contribution is -2.47. The van der Waals surface area contributed by atoms with Crippen molar-refractivity contribution < 1.29 is 9.31 Å². The molecule has 0 radical (unpaired) electrons. The zero-order valence-electron chi connectivity index (χ0n) is 19.1. The highest BCUT2D eigenvalue weighted by Gasteiger charge is 2.51. The van der Waals surface area contributed by atoms with Crippen molar-refractivity contribution in [3.8, 4) is 6.07 Å². The molecule has 3 heterocycles. The Balaban J connectivity index is 1.23. The Bertz CT molecular complexity index is 1160. The number of aromatic nitrogens is 2. The molecule has 0 bridgehead atoms. The maximum Gasteiger partial charge on any atom is 0.494 e. The third-order valence-corrected chi connectivity index (χ3v) is 6.96. The molecule has 1 N–H and O–H groups in total. The van der Waals surface area contributed by atoms with E-state index in [9.17, 15) is 0 Å². The van der Waals surface area contributed by atoms with Crippen LogP contribution in [0.15, 0.2) is 42.5 Å². The van der Waals surface area contributed by atoms with Crippen molar-refractivity contribution in [1.82, 2.24) is 9.97 Å². The minimum atomic E-state index is -0.334. The van der Waals surface area contributed by atoms with E-state index in [1.807, 2.05) is 12.1 Å².